The number of hydrogen-bond acceptors (Lipinski definition) is 6. The second-order valence-corrected chi connectivity index (χ2v) is 9.17. The van der Waals surface area contributed by atoms with Crippen LogP contribution in [0.5, 0.6) is 5.75 Å². The summed E-state index contributed by atoms with van der Waals surface area (Å²) in [5.41, 5.74) is 3.35. The summed E-state index contributed by atoms with van der Waals surface area (Å²) >= 11 is 1.20. The molecule has 2 N–H and O–H groups in total. The molecule has 0 unspecified atom stereocenters. The Labute approximate surface area is 218 Å². The van der Waals surface area contributed by atoms with Gasteiger partial charge in [0.2, 0.25) is 5.91 Å². The number of methoxy groups -OCH3 is 1. The van der Waals surface area contributed by atoms with E-state index < -0.39 is 11.7 Å². The predicted molar refractivity (Wildman–Crippen MR) is 141 cm³/mol. The Hall–Kier alpha value is -4.18. The molecule has 0 saturated carbocycles. The van der Waals surface area contributed by atoms with E-state index in [1.165, 1.54) is 30.0 Å². The van der Waals surface area contributed by atoms with Crippen LogP contribution in [0.25, 0.3) is 5.69 Å². The van der Waals surface area contributed by atoms with Gasteiger partial charge < -0.3 is 15.4 Å². The van der Waals surface area contributed by atoms with E-state index >= 15 is 0 Å². The van der Waals surface area contributed by atoms with Gasteiger partial charge in [-0.3, -0.25) is 14.2 Å². The highest BCUT2D eigenvalue weighted by molar-refractivity contribution is 7.99. The number of benzene rings is 3. The zero-order valence-corrected chi connectivity index (χ0v) is 21.4. The second-order valence-electron chi connectivity index (χ2n) is 8.22. The Morgan fingerprint density at radius 2 is 1.78 bits per heavy atom. The molecule has 4 rings (SSSR count). The van der Waals surface area contributed by atoms with E-state index in [4.69, 9.17) is 4.74 Å². The van der Waals surface area contributed by atoms with Crippen LogP contribution in [0.4, 0.5) is 10.1 Å². The molecule has 10 heteroatoms. The molecular formula is C27H26FN5O3S. The van der Waals surface area contributed by atoms with Crippen molar-refractivity contribution in [2.75, 3.05) is 18.2 Å². The third-order valence-corrected chi connectivity index (χ3v) is 6.48. The number of para-hydroxylation sites is 2. The van der Waals surface area contributed by atoms with E-state index in [2.05, 4.69) is 20.8 Å². The van der Waals surface area contributed by atoms with E-state index in [1.807, 2.05) is 50.2 Å². The number of aryl methyl sites for hydroxylation is 2. The van der Waals surface area contributed by atoms with Crippen molar-refractivity contribution in [1.82, 2.24) is 20.1 Å². The first kappa shape index (κ1) is 25.9. The number of aromatic nitrogens is 3. The zero-order chi connectivity index (χ0) is 26.4. The Morgan fingerprint density at radius 3 is 2.57 bits per heavy atom. The topological polar surface area (TPSA) is 98.1 Å². The number of nitrogens with one attached hydrogen (secondary N) is 2. The summed E-state index contributed by atoms with van der Waals surface area (Å²) in [7, 11) is 1.55. The van der Waals surface area contributed by atoms with Crippen LogP contribution < -0.4 is 15.4 Å². The van der Waals surface area contributed by atoms with Crippen molar-refractivity contribution in [3.8, 4) is 11.4 Å². The highest BCUT2D eigenvalue weighted by Gasteiger charge is 2.20. The van der Waals surface area contributed by atoms with Crippen molar-refractivity contribution in [3.05, 3.63) is 95.1 Å². The van der Waals surface area contributed by atoms with Crippen molar-refractivity contribution in [2.24, 2.45) is 0 Å². The normalized spacial score (nSPS) is 10.7. The monoisotopic (exact) mass is 519 g/mol. The Morgan fingerprint density at radius 1 is 1.03 bits per heavy atom. The van der Waals surface area contributed by atoms with Crippen LogP contribution >= 0.6 is 11.8 Å². The molecule has 2 amide bonds. The number of ether oxygens (including phenoxy) is 1. The molecule has 1 heterocycles. The summed E-state index contributed by atoms with van der Waals surface area (Å²) in [6.45, 7) is 3.88. The average Bonchev–Trinajstić information content (AvgIpc) is 3.31. The third-order valence-electron chi connectivity index (χ3n) is 5.55. The van der Waals surface area contributed by atoms with Crippen molar-refractivity contribution < 1.29 is 18.7 Å². The number of carbonyl (C=O) groups is 2. The molecule has 0 atom stereocenters. The van der Waals surface area contributed by atoms with Gasteiger partial charge >= 0.3 is 0 Å². The quantitative estimate of drug-likeness (QED) is 0.311. The highest BCUT2D eigenvalue weighted by atomic mass is 32.2. The van der Waals surface area contributed by atoms with Crippen LogP contribution in [0.2, 0.25) is 0 Å². The van der Waals surface area contributed by atoms with Gasteiger partial charge in [0.25, 0.3) is 5.91 Å². The molecule has 0 fully saturated rings. The van der Waals surface area contributed by atoms with Gasteiger partial charge in [0.05, 0.1) is 30.7 Å². The van der Waals surface area contributed by atoms with Gasteiger partial charge in [-0.05, 0) is 55.3 Å². The molecule has 0 radical (unpaired) electrons. The molecule has 0 aliphatic rings. The van der Waals surface area contributed by atoms with Crippen LogP contribution in [0, 0.1) is 19.7 Å². The Balaban J connectivity index is 1.56. The number of hydrogen-bond donors (Lipinski definition) is 2. The fourth-order valence-electron chi connectivity index (χ4n) is 3.65. The lowest BCUT2D eigenvalue weighted by Gasteiger charge is -2.14. The lowest BCUT2D eigenvalue weighted by atomic mass is 10.1. The highest BCUT2D eigenvalue weighted by Crippen LogP contribution is 2.29. The molecule has 1 aromatic heterocycles. The largest absolute Gasteiger partial charge is 0.495 e. The average molecular weight is 520 g/mol. The number of halogens is 1. The Kier molecular flexibility index (Phi) is 8.19. The fourth-order valence-corrected chi connectivity index (χ4v) is 4.42. The summed E-state index contributed by atoms with van der Waals surface area (Å²) in [5, 5.41) is 14.6. The van der Waals surface area contributed by atoms with Crippen LogP contribution in [0.15, 0.2) is 71.9 Å². The maximum atomic E-state index is 14.0. The van der Waals surface area contributed by atoms with E-state index in [9.17, 15) is 14.0 Å². The SMILES string of the molecule is COc1ccccc1-n1c(CNC(=O)c2ccccc2F)nnc1SCC(=O)Nc1cc(C)ccc1C. The lowest BCUT2D eigenvalue weighted by molar-refractivity contribution is -0.113. The smallest absolute Gasteiger partial charge is 0.254 e. The lowest BCUT2D eigenvalue weighted by Crippen LogP contribution is -2.25. The molecule has 0 aliphatic carbocycles. The first-order chi connectivity index (χ1) is 17.9. The van der Waals surface area contributed by atoms with Crippen LogP contribution in [0.1, 0.15) is 27.3 Å². The van der Waals surface area contributed by atoms with Crippen LogP contribution in [0.3, 0.4) is 0 Å². The van der Waals surface area contributed by atoms with Gasteiger partial charge in [0.15, 0.2) is 11.0 Å². The molecule has 0 bridgehead atoms. The minimum absolute atomic E-state index is 0.0204. The van der Waals surface area contributed by atoms with Crippen molar-refractivity contribution in [2.45, 2.75) is 25.5 Å². The van der Waals surface area contributed by atoms with Gasteiger partial charge in [-0.2, -0.15) is 0 Å². The van der Waals surface area contributed by atoms with E-state index in [0.29, 0.717) is 22.4 Å². The maximum Gasteiger partial charge on any atom is 0.254 e. The summed E-state index contributed by atoms with van der Waals surface area (Å²) in [4.78, 5) is 25.3. The first-order valence-electron chi connectivity index (χ1n) is 11.5. The Bertz CT molecular complexity index is 1440. The standard InChI is InChI=1S/C27H26FN5O3S/c1-17-12-13-18(2)21(14-17)30-25(34)16-37-27-32-31-24(33(27)22-10-6-7-11-23(22)36-3)15-29-26(35)19-8-4-5-9-20(19)28/h4-14H,15-16H2,1-3H3,(H,29,35)(H,30,34). The van der Waals surface area contributed by atoms with Crippen LogP contribution in [-0.4, -0.2) is 39.4 Å². The minimum Gasteiger partial charge on any atom is -0.495 e. The maximum absolute atomic E-state index is 14.0. The molecular weight excluding hydrogens is 493 g/mol. The number of rotatable bonds is 9. The molecule has 3 aromatic carbocycles. The van der Waals surface area contributed by atoms with Gasteiger partial charge in [-0.15, -0.1) is 10.2 Å². The number of nitrogens with zero attached hydrogens (tertiary/aromatic N) is 3. The molecule has 190 valence electrons. The zero-order valence-electron chi connectivity index (χ0n) is 20.6. The number of anilines is 1. The summed E-state index contributed by atoms with van der Waals surface area (Å²) in [6.07, 6.45) is 0. The first-order valence-corrected chi connectivity index (χ1v) is 12.5. The second kappa shape index (κ2) is 11.7. The van der Waals surface area contributed by atoms with E-state index in [-0.39, 0.29) is 23.8 Å². The fraction of sp³-hybridized carbons (Fsp3) is 0.185. The van der Waals surface area contributed by atoms with Gasteiger partial charge in [-0.1, -0.05) is 48.2 Å². The van der Waals surface area contributed by atoms with Gasteiger partial charge in [0, 0.05) is 5.69 Å². The van der Waals surface area contributed by atoms with Crippen LogP contribution in [-0.2, 0) is 11.3 Å². The summed E-state index contributed by atoms with van der Waals surface area (Å²) in [5.74, 6) is -0.338. The van der Waals surface area contributed by atoms with Gasteiger partial charge in [0.1, 0.15) is 11.6 Å². The number of thioether (sulfide) groups is 1. The van der Waals surface area contributed by atoms with E-state index in [0.717, 1.165) is 16.8 Å². The van der Waals surface area contributed by atoms with Crippen molar-refractivity contribution >= 4 is 29.3 Å². The van der Waals surface area contributed by atoms with Crippen molar-refractivity contribution in [3.63, 3.8) is 0 Å². The number of amides is 2. The molecule has 8 nitrogen and oxygen atoms in total. The van der Waals surface area contributed by atoms with Gasteiger partial charge in [-0.25, -0.2) is 4.39 Å². The number of carbonyl (C=O) groups excluding carboxylic acids is 2. The molecule has 0 aliphatic heterocycles. The van der Waals surface area contributed by atoms with Crippen molar-refractivity contribution in [1.29, 1.82) is 0 Å². The summed E-state index contributed by atoms with van der Waals surface area (Å²) in [6, 6.07) is 18.9. The predicted octanol–water partition coefficient (Wildman–Crippen LogP) is 4.69. The van der Waals surface area contributed by atoms with E-state index in [1.54, 1.807) is 23.8 Å². The molecule has 4 aromatic rings. The summed E-state index contributed by atoms with van der Waals surface area (Å²) < 4.78 is 21.3. The minimum atomic E-state index is -0.614. The molecule has 37 heavy (non-hydrogen) atoms. The third kappa shape index (κ3) is 6.15. The molecule has 0 spiro atoms. The molecule has 0 saturated heterocycles.